The van der Waals surface area contributed by atoms with Crippen LogP contribution in [0.2, 0.25) is 0 Å². The fourth-order valence-electron chi connectivity index (χ4n) is 3.20. The Labute approximate surface area is 164 Å². The molecule has 146 valence electrons. The predicted molar refractivity (Wildman–Crippen MR) is 109 cm³/mol. The number of hydrogen-bond donors (Lipinski definition) is 1. The van der Waals surface area contributed by atoms with E-state index in [0.29, 0.717) is 18.2 Å². The average Bonchev–Trinajstić information content (AvgIpc) is 3.19. The highest BCUT2D eigenvalue weighted by atomic mass is 32.2. The van der Waals surface area contributed by atoms with Gasteiger partial charge in [0.1, 0.15) is 4.21 Å². The van der Waals surface area contributed by atoms with Crippen LogP contribution < -0.4 is 4.72 Å². The summed E-state index contributed by atoms with van der Waals surface area (Å²) in [5.41, 5.74) is 1.37. The number of sulfonamides is 1. The number of likely N-dealkylation sites (tertiary alicyclic amines) is 1. The van der Waals surface area contributed by atoms with Gasteiger partial charge in [-0.25, -0.2) is 8.42 Å². The number of piperidine rings is 1. The van der Waals surface area contributed by atoms with E-state index < -0.39 is 10.0 Å². The number of rotatable bonds is 6. The molecule has 1 amide bonds. The van der Waals surface area contributed by atoms with Crippen molar-refractivity contribution in [3.63, 3.8) is 0 Å². The van der Waals surface area contributed by atoms with Crippen LogP contribution in [0.4, 0.5) is 5.69 Å². The van der Waals surface area contributed by atoms with Gasteiger partial charge in [0, 0.05) is 24.8 Å². The van der Waals surface area contributed by atoms with Crippen molar-refractivity contribution in [2.75, 3.05) is 31.9 Å². The molecule has 2 aromatic rings. The van der Waals surface area contributed by atoms with Crippen LogP contribution in [0.1, 0.15) is 18.4 Å². The number of anilines is 1. The SMILES string of the molecule is CN(C)C1CCCN(C(=O)Cc2ccc(NS(=O)(=O)c3cccs3)cc2)C1. The van der Waals surface area contributed by atoms with Crippen LogP contribution >= 0.6 is 11.3 Å². The Morgan fingerprint density at radius 2 is 2.00 bits per heavy atom. The number of nitrogens with one attached hydrogen (secondary N) is 1. The standard InChI is InChI=1S/C19H25N3O3S2/c1-21(2)17-5-3-11-22(14-17)18(23)13-15-7-9-16(10-8-15)20-27(24,25)19-6-4-12-26-19/h4,6-10,12,17,20H,3,5,11,13-14H2,1-2H3. The lowest BCUT2D eigenvalue weighted by Gasteiger charge is -2.36. The summed E-state index contributed by atoms with van der Waals surface area (Å²) >= 11 is 1.17. The summed E-state index contributed by atoms with van der Waals surface area (Å²) in [6, 6.07) is 10.7. The van der Waals surface area contributed by atoms with Gasteiger partial charge in [0.15, 0.2) is 0 Å². The van der Waals surface area contributed by atoms with Crippen LogP contribution in [-0.4, -0.2) is 57.4 Å². The second-order valence-electron chi connectivity index (χ2n) is 7.01. The molecule has 1 aliphatic heterocycles. The maximum Gasteiger partial charge on any atom is 0.271 e. The molecule has 1 N–H and O–H groups in total. The highest BCUT2D eigenvalue weighted by molar-refractivity contribution is 7.94. The lowest BCUT2D eigenvalue weighted by Crippen LogP contribution is -2.47. The Bertz CT molecular complexity index is 862. The maximum absolute atomic E-state index is 12.6. The first kappa shape index (κ1) is 19.9. The number of nitrogens with zero attached hydrogens (tertiary/aromatic N) is 2. The largest absolute Gasteiger partial charge is 0.341 e. The second kappa shape index (κ2) is 8.41. The molecule has 1 fully saturated rings. The lowest BCUT2D eigenvalue weighted by atomic mass is 10.0. The van der Waals surface area contributed by atoms with Gasteiger partial charge in [-0.15, -0.1) is 11.3 Å². The minimum absolute atomic E-state index is 0.119. The second-order valence-corrected chi connectivity index (χ2v) is 9.87. The van der Waals surface area contributed by atoms with E-state index in [4.69, 9.17) is 0 Å². The quantitative estimate of drug-likeness (QED) is 0.799. The first-order valence-electron chi connectivity index (χ1n) is 8.94. The van der Waals surface area contributed by atoms with E-state index in [0.717, 1.165) is 31.5 Å². The molecule has 2 heterocycles. The molecular weight excluding hydrogens is 382 g/mol. The van der Waals surface area contributed by atoms with Gasteiger partial charge in [-0.1, -0.05) is 18.2 Å². The Hall–Kier alpha value is -1.90. The molecule has 1 saturated heterocycles. The number of likely N-dealkylation sites (N-methyl/N-ethyl adjacent to an activating group) is 1. The molecule has 1 aromatic heterocycles. The van der Waals surface area contributed by atoms with Gasteiger partial charge in [0.25, 0.3) is 10.0 Å². The van der Waals surface area contributed by atoms with Crippen LogP contribution in [0, 0.1) is 0 Å². The van der Waals surface area contributed by atoms with Crippen LogP contribution in [0.25, 0.3) is 0 Å². The summed E-state index contributed by atoms with van der Waals surface area (Å²) in [4.78, 5) is 16.7. The van der Waals surface area contributed by atoms with Crippen molar-refractivity contribution >= 4 is 33.0 Å². The van der Waals surface area contributed by atoms with Crippen LogP contribution in [0.5, 0.6) is 0 Å². The topological polar surface area (TPSA) is 69.7 Å². The zero-order chi connectivity index (χ0) is 19.4. The van der Waals surface area contributed by atoms with E-state index in [-0.39, 0.29) is 10.1 Å². The number of carbonyl (C=O) groups excluding carboxylic acids is 1. The van der Waals surface area contributed by atoms with Crippen LogP contribution in [0.15, 0.2) is 46.0 Å². The molecule has 1 unspecified atom stereocenters. The minimum Gasteiger partial charge on any atom is -0.341 e. The van der Waals surface area contributed by atoms with Crippen LogP contribution in [-0.2, 0) is 21.2 Å². The van der Waals surface area contributed by atoms with Gasteiger partial charge >= 0.3 is 0 Å². The van der Waals surface area contributed by atoms with Crippen molar-refractivity contribution in [2.24, 2.45) is 0 Å². The summed E-state index contributed by atoms with van der Waals surface area (Å²) in [6.45, 7) is 1.58. The molecule has 27 heavy (non-hydrogen) atoms. The first-order chi connectivity index (χ1) is 12.8. The van der Waals surface area contributed by atoms with Gasteiger partial charge in [0.2, 0.25) is 5.91 Å². The van der Waals surface area contributed by atoms with E-state index >= 15 is 0 Å². The summed E-state index contributed by atoms with van der Waals surface area (Å²) in [5, 5.41) is 1.73. The summed E-state index contributed by atoms with van der Waals surface area (Å²) in [7, 11) is 0.552. The smallest absolute Gasteiger partial charge is 0.271 e. The van der Waals surface area contributed by atoms with Gasteiger partial charge in [-0.2, -0.15) is 0 Å². The Morgan fingerprint density at radius 3 is 2.63 bits per heavy atom. The molecule has 8 heteroatoms. The molecule has 1 aromatic carbocycles. The number of amides is 1. The Morgan fingerprint density at radius 1 is 1.26 bits per heavy atom. The molecule has 0 bridgehead atoms. The third kappa shape index (κ3) is 5.09. The predicted octanol–water partition coefficient (Wildman–Crippen LogP) is 2.64. The van der Waals surface area contributed by atoms with Gasteiger partial charge in [-0.3, -0.25) is 9.52 Å². The number of hydrogen-bond acceptors (Lipinski definition) is 5. The van der Waals surface area contributed by atoms with Crippen molar-refractivity contribution in [1.29, 1.82) is 0 Å². The highest BCUT2D eigenvalue weighted by Gasteiger charge is 2.24. The molecule has 0 aliphatic carbocycles. The number of benzene rings is 1. The lowest BCUT2D eigenvalue weighted by molar-refractivity contribution is -0.132. The normalized spacial score (nSPS) is 17.9. The van der Waals surface area contributed by atoms with Gasteiger partial charge in [0.05, 0.1) is 6.42 Å². The number of thiophene rings is 1. The molecular formula is C19H25N3O3S2. The van der Waals surface area contributed by atoms with E-state index in [1.807, 2.05) is 4.90 Å². The van der Waals surface area contributed by atoms with E-state index in [1.165, 1.54) is 11.3 Å². The number of carbonyl (C=O) groups is 1. The third-order valence-electron chi connectivity index (χ3n) is 4.80. The molecule has 1 aliphatic rings. The summed E-state index contributed by atoms with van der Waals surface area (Å²) in [5.74, 6) is 0.119. The maximum atomic E-state index is 12.6. The van der Waals surface area contributed by atoms with Gasteiger partial charge in [-0.05, 0) is 56.1 Å². The highest BCUT2D eigenvalue weighted by Crippen LogP contribution is 2.21. The van der Waals surface area contributed by atoms with Crippen molar-refractivity contribution in [2.45, 2.75) is 29.5 Å². The van der Waals surface area contributed by atoms with Crippen molar-refractivity contribution in [3.8, 4) is 0 Å². The van der Waals surface area contributed by atoms with E-state index in [1.54, 1.807) is 41.8 Å². The van der Waals surface area contributed by atoms with Gasteiger partial charge < -0.3 is 9.80 Å². The zero-order valence-electron chi connectivity index (χ0n) is 15.6. The van der Waals surface area contributed by atoms with Crippen LogP contribution in [0.3, 0.4) is 0 Å². The Balaban J connectivity index is 1.60. The van der Waals surface area contributed by atoms with Crippen molar-refractivity contribution in [3.05, 3.63) is 47.3 Å². The molecule has 0 radical (unpaired) electrons. The molecule has 6 nitrogen and oxygen atoms in total. The summed E-state index contributed by atoms with van der Waals surface area (Å²) in [6.07, 6.45) is 2.48. The summed E-state index contributed by atoms with van der Waals surface area (Å²) < 4.78 is 27.3. The third-order valence-corrected chi connectivity index (χ3v) is 7.58. The van der Waals surface area contributed by atoms with Crippen molar-refractivity contribution < 1.29 is 13.2 Å². The molecule has 1 atom stereocenters. The molecule has 0 saturated carbocycles. The molecule has 3 rings (SSSR count). The Kier molecular flexibility index (Phi) is 6.18. The molecule has 0 spiro atoms. The minimum atomic E-state index is -3.55. The van der Waals surface area contributed by atoms with E-state index in [2.05, 4.69) is 23.7 Å². The average molecular weight is 408 g/mol. The zero-order valence-corrected chi connectivity index (χ0v) is 17.2. The monoisotopic (exact) mass is 407 g/mol. The fourth-order valence-corrected chi connectivity index (χ4v) is 5.25. The fraction of sp³-hybridized carbons (Fsp3) is 0.421. The first-order valence-corrected chi connectivity index (χ1v) is 11.3. The van der Waals surface area contributed by atoms with Crippen molar-refractivity contribution in [1.82, 2.24) is 9.80 Å². The van der Waals surface area contributed by atoms with E-state index in [9.17, 15) is 13.2 Å².